The predicted octanol–water partition coefficient (Wildman–Crippen LogP) is 2.17. The van der Waals surface area contributed by atoms with Gasteiger partial charge in [0.15, 0.2) is 11.5 Å². The summed E-state index contributed by atoms with van der Waals surface area (Å²) in [4.78, 5) is 3.13. The number of phenols is 2. The Labute approximate surface area is 92.1 Å². The van der Waals surface area contributed by atoms with Crippen molar-refractivity contribution >= 4 is 0 Å². The maximum absolute atomic E-state index is 12.2. The third-order valence-corrected chi connectivity index (χ3v) is 1.90. The van der Waals surface area contributed by atoms with Crippen molar-refractivity contribution in [3.05, 3.63) is 24.0 Å². The fraction of sp³-hybridized carbons (Fsp3) is 0.111. The minimum absolute atomic E-state index is 0.0725. The lowest BCUT2D eigenvalue weighted by Crippen LogP contribution is -2.07. The van der Waals surface area contributed by atoms with Crippen molar-refractivity contribution in [2.24, 2.45) is 0 Å². The van der Waals surface area contributed by atoms with Gasteiger partial charge in [-0.15, -0.1) is 0 Å². The molecule has 2 rings (SSSR count). The molecule has 0 aliphatic carbocycles. The second kappa shape index (κ2) is 3.65. The van der Waals surface area contributed by atoms with E-state index in [-0.39, 0.29) is 5.56 Å². The van der Waals surface area contributed by atoms with Gasteiger partial charge in [0, 0.05) is 5.56 Å². The van der Waals surface area contributed by atoms with Crippen LogP contribution in [0, 0.1) is 0 Å². The summed E-state index contributed by atoms with van der Waals surface area (Å²) in [6, 6.07) is 3.36. The monoisotopic (exact) mass is 246 g/mol. The van der Waals surface area contributed by atoms with Gasteiger partial charge in [-0.2, -0.15) is 18.2 Å². The van der Waals surface area contributed by atoms with E-state index >= 15 is 0 Å². The number of hydrogen-bond acceptors (Lipinski definition) is 5. The van der Waals surface area contributed by atoms with Crippen LogP contribution >= 0.6 is 0 Å². The van der Waals surface area contributed by atoms with Crippen LogP contribution in [-0.2, 0) is 6.18 Å². The van der Waals surface area contributed by atoms with Crippen LogP contribution in [0.15, 0.2) is 22.7 Å². The van der Waals surface area contributed by atoms with E-state index in [0.29, 0.717) is 0 Å². The van der Waals surface area contributed by atoms with Crippen LogP contribution in [0.25, 0.3) is 11.5 Å². The van der Waals surface area contributed by atoms with Gasteiger partial charge < -0.3 is 14.7 Å². The van der Waals surface area contributed by atoms with E-state index in [9.17, 15) is 13.2 Å². The molecule has 90 valence electrons. The molecule has 0 radical (unpaired) electrons. The van der Waals surface area contributed by atoms with Crippen LogP contribution in [0.1, 0.15) is 5.82 Å². The first kappa shape index (κ1) is 11.2. The summed E-state index contributed by atoms with van der Waals surface area (Å²) in [6.07, 6.45) is -4.69. The third kappa shape index (κ3) is 2.14. The van der Waals surface area contributed by atoms with Gasteiger partial charge in [-0.3, -0.25) is 0 Å². The Morgan fingerprint density at radius 1 is 1.12 bits per heavy atom. The second-order valence-electron chi connectivity index (χ2n) is 3.12. The third-order valence-electron chi connectivity index (χ3n) is 1.90. The lowest BCUT2D eigenvalue weighted by molar-refractivity contribution is -0.146. The molecular formula is C9H5F3N2O3. The van der Waals surface area contributed by atoms with E-state index in [1.54, 1.807) is 0 Å². The summed E-state index contributed by atoms with van der Waals surface area (Å²) in [5.74, 6) is -2.69. The zero-order valence-corrected chi connectivity index (χ0v) is 8.06. The average Bonchev–Trinajstić information content (AvgIpc) is 2.70. The van der Waals surface area contributed by atoms with Crippen molar-refractivity contribution in [2.75, 3.05) is 0 Å². The topological polar surface area (TPSA) is 79.4 Å². The highest BCUT2D eigenvalue weighted by atomic mass is 19.4. The number of aromatic hydroxyl groups is 2. The number of hydrogen-bond donors (Lipinski definition) is 2. The molecule has 2 N–H and O–H groups in total. The summed E-state index contributed by atoms with van der Waals surface area (Å²) >= 11 is 0. The van der Waals surface area contributed by atoms with Gasteiger partial charge in [0.25, 0.3) is 11.7 Å². The molecule has 1 aromatic heterocycles. The summed E-state index contributed by atoms with van der Waals surface area (Å²) in [5.41, 5.74) is 0.0725. The smallest absolute Gasteiger partial charge is 0.455 e. The van der Waals surface area contributed by atoms with Crippen LogP contribution in [0.3, 0.4) is 0 Å². The number of aromatic nitrogens is 2. The van der Waals surface area contributed by atoms with Crippen molar-refractivity contribution in [3.8, 4) is 23.0 Å². The first-order valence-electron chi connectivity index (χ1n) is 4.31. The van der Waals surface area contributed by atoms with Gasteiger partial charge in [0.05, 0.1) is 0 Å². The molecule has 1 heterocycles. The zero-order valence-electron chi connectivity index (χ0n) is 8.06. The lowest BCUT2D eigenvalue weighted by atomic mass is 10.2. The molecule has 0 aliphatic heterocycles. The molecule has 8 heteroatoms. The molecule has 0 fully saturated rings. The average molecular weight is 246 g/mol. The van der Waals surface area contributed by atoms with Crippen molar-refractivity contribution in [1.82, 2.24) is 10.1 Å². The van der Waals surface area contributed by atoms with Crippen molar-refractivity contribution in [1.29, 1.82) is 0 Å². The van der Waals surface area contributed by atoms with Crippen LogP contribution in [0.2, 0.25) is 0 Å². The number of benzene rings is 1. The number of alkyl halides is 3. The first-order valence-corrected chi connectivity index (χ1v) is 4.31. The number of halogens is 3. The highest BCUT2D eigenvalue weighted by Gasteiger charge is 2.37. The lowest BCUT2D eigenvalue weighted by Gasteiger charge is -1.98. The largest absolute Gasteiger partial charge is 0.504 e. The highest BCUT2D eigenvalue weighted by Crippen LogP contribution is 2.32. The van der Waals surface area contributed by atoms with Gasteiger partial charge in [0.1, 0.15) is 0 Å². The summed E-state index contributed by atoms with van der Waals surface area (Å²) < 4.78 is 41.0. The Hall–Kier alpha value is -2.25. The molecule has 0 amide bonds. The number of rotatable bonds is 1. The van der Waals surface area contributed by atoms with E-state index in [1.165, 1.54) is 6.07 Å². The molecule has 0 bridgehead atoms. The fourth-order valence-electron chi connectivity index (χ4n) is 1.11. The van der Waals surface area contributed by atoms with Crippen LogP contribution in [0.4, 0.5) is 13.2 Å². The van der Waals surface area contributed by atoms with Gasteiger partial charge in [-0.25, -0.2) is 0 Å². The molecular weight excluding hydrogens is 241 g/mol. The maximum atomic E-state index is 12.2. The quantitative estimate of drug-likeness (QED) is 0.754. The minimum Gasteiger partial charge on any atom is -0.504 e. The van der Waals surface area contributed by atoms with Crippen molar-refractivity contribution in [2.45, 2.75) is 6.18 Å². The Balaban J connectivity index is 2.40. The molecule has 17 heavy (non-hydrogen) atoms. The van der Waals surface area contributed by atoms with E-state index in [0.717, 1.165) is 12.1 Å². The van der Waals surface area contributed by atoms with Crippen molar-refractivity contribution in [3.63, 3.8) is 0 Å². The molecule has 0 saturated carbocycles. The van der Waals surface area contributed by atoms with Crippen LogP contribution < -0.4 is 0 Å². The SMILES string of the molecule is Oc1ccc(-c2nc(C(F)(F)F)no2)cc1O. The molecule has 1 aromatic carbocycles. The predicted molar refractivity (Wildman–Crippen MR) is 48.1 cm³/mol. The Kier molecular flexibility index (Phi) is 2.41. The minimum atomic E-state index is -4.69. The highest BCUT2D eigenvalue weighted by molar-refractivity contribution is 5.58. The van der Waals surface area contributed by atoms with E-state index in [4.69, 9.17) is 10.2 Å². The molecule has 0 atom stereocenters. The molecule has 5 nitrogen and oxygen atoms in total. The van der Waals surface area contributed by atoms with Crippen LogP contribution in [-0.4, -0.2) is 20.4 Å². The molecule has 0 saturated heterocycles. The summed E-state index contributed by atoms with van der Waals surface area (Å²) in [6.45, 7) is 0. The summed E-state index contributed by atoms with van der Waals surface area (Å²) in [7, 11) is 0. The van der Waals surface area contributed by atoms with E-state index < -0.39 is 29.4 Å². The number of nitrogens with zero attached hydrogens (tertiary/aromatic N) is 2. The summed E-state index contributed by atoms with van der Waals surface area (Å²) in [5, 5.41) is 21.0. The number of phenolic OH excluding ortho intramolecular Hbond substituents is 2. The van der Waals surface area contributed by atoms with Gasteiger partial charge >= 0.3 is 6.18 Å². The Bertz CT molecular complexity index is 551. The van der Waals surface area contributed by atoms with Crippen molar-refractivity contribution < 1.29 is 27.9 Å². The molecule has 0 spiro atoms. The van der Waals surface area contributed by atoms with Gasteiger partial charge in [-0.05, 0) is 18.2 Å². The van der Waals surface area contributed by atoms with Gasteiger partial charge in [-0.1, -0.05) is 5.16 Å². The molecule has 0 unspecified atom stereocenters. The van der Waals surface area contributed by atoms with E-state index in [2.05, 4.69) is 14.7 Å². The molecule has 2 aromatic rings. The van der Waals surface area contributed by atoms with Gasteiger partial charge in [0.2, 0.25) is 0 Å². The maximum Gasteiger partial charge on any atom is 0.455 e. The Morgan fingerprint density at radius 2 is 1.82 bits per heavy atom. The normalized spacial score (nSPS) is 11.7. The van der Waals surface area contributed by atoms with E-state index in [1.807, 2.05) is 0 Å². The second-order valence-corrected chi connectivity index (χ2v) is 3.12. The van der Waals surface area contributed by atoms with Crippen LogP contribution in [0.5, 0.6) is 11.5 Å². The standard InChI is InChI=1S/C9H5F3N2O3/c10-9(11,12)8-13-7(17-14-8)4-1-2-5(15)6(16)3-4/h1-3,15-16H. The molecule has 0 aliphatic rings. The Morgan fingerprint density at radius 3 is 2.35 bits per heavy atom. The fourth-order valence-corrected chi connectivity index (χ4v) is 1.11. The first-order chi connectivity index (χ1) is 7.88. The zero-order chi connectivity index (χ0) is 12.6.